The van der Waals surface area contributed by atoms with Crippen LogP contribution in [0.2, 0.25) is 0 Å². The standard InChI is InChI=1S/C23H32N4O5/c1-4-23(5-2)21(30)27(22(31)25-23)15-19(28)24-17-10-12-26(13-11-17)20(29)14-16-8-6-7-9-18(16)32-3/h6-9,17H,4-5,10-15H2,1-3H3,(H,24,28)(H,25,31). The highest BCUT2D eigenvalue weighted by molar-refractivity contribution is 6.09. The van der Waals surface area contributed by atoms with E-state index < -0.39 is 11.6 Å². The number of imide groups is 1. The maximum absolute atomic E-state index is 12.7. The van der Waals surface area contributed by atoms with E-state index >= 15 is 0 Å². The number of nitrogens with one attached hydrogen (secondary N) is 2. The van der Waals surface area contributed by atoms with Crippen LogP contribution in [-0.2, 0) is 20.8 Å². The molecule has 9 nitrogen and oxygen atoms in total. The molecular formula is C23H32N4O5. The molecule has 2 N–H and O–H groups in total. The molecule has 0 aromatic heterocycles. The van der Waals surface area contributed by atoms with Gasteiger partial charge in [-0.05, 0) is 31.7 Å². The van der Waals surface area contributed by atoms with Crippen LogP contribution in [0.5, 0.6) is 5.75 Å². The van der Waals surface area contributed by atoms with Gasteiger partial charge in [-0.1, -0.05) is 32.0 Å². The molecule has 2 aliphatic heterocycles. The van der Waals surface area contributed by atoms with Crippen molar-refractivity contribution in [2.45, 2.75) is 57.5 Å². The molecule has 5 amide bonds. The molecule has 0 bridgehead atoms. The highest BCUT2D eigenvalue weighted by Gasteiger charge is 2.49. The van der Waals surface area contributed by atoms with Gasteiger partial charge in [0, 0.05) is 24.7 Å². The number of ether oxygens (including phenoxy) is 1. The Kier molecular flexibility index (Phi) is 7.37. The summed E-state index contributed by atoms with van der Waals surface area (Å²) in [4.78, 5) is 52.8. The fraction of sp³-hybridized carbons (Fsp3) is 0.565. The van der Waals surface area contributed by atoms with E-state index in [9.17, 15) is 19.2 Å². The van der Waals surface area contributed by atoms with Crippen molar-refractivity contribution in [2.24, 2.45) is 0 Å². The summed E-state index contributed by atoms with van der Waals surface area (Å²) in [6.45, 7) is 4.47. The van der Waals surface area contributed by atoms with Gasteiger partial charge in [-0.3, -0.25) is 19.3 Å². The van der Waals surface area contributed by atoms with E-state index in [1.807, 2.05) is 38.1 Å². The van der Waals surface area contributed by atoms with Gasteiger partial charge >= 0.3 is 6.03 Å². The predicted molar refractivity (Wildman–Crippen MR) is 118 cm³/mol. The maximum Gasteiger partial charge on any atom is 0.325 e. The monoisotopic (exact) mass is 444 g/mol. The van der Waals surface area contributed by atoms with Crippen LogP contribution in [-0.4, -0.2) is 71.9 Å². The third-order valence-electron chi connectivity index (χ3n) is 6.50. The molecule has 1 aromatic carbocycles. The Labute approximate surface area is 188 Å². The summed E-state index contributed by atoms with van der Waals surface area (Å²) in [6.07, 6.45) is 2.47. The number of methoxy groups -OCH3 is 1. The zero-order chi connectivity index (χ0) is 23.3. The zero-order valence-electron chi connectivity index (χ0n) is 19.0. The topological polar surface area (TPSA) is 108 Å². The summed E-state index contributed by atoms with van der Waals surface area (Å²) < 4.78 is 5.32. The molecule has 0 aliphatic carbocycles. The Morgan fingerprint density at radius 3 is 2.41 bits per heavy atom. The van der Waals surface area contributed by atoms with Crippen molar-refractivity contribution in [3.8, 4) is 5.75 Å². The number of piperidine rings is 1. The summed E-state index contributed by atoms with van der Waals surface area (Å²) in [5, 5.41) is 5.63. The van der Waals surface area contributed by atoms with E-state index in [0.717, 1.165) is 10.5 Å². The Hall–Kier alpha value is -3.10. The van der Waals surface area contributed by atoms with Crippen molar-refractivity contribution in [1.82, 2.24) is 20.4 Å². The molecule has 0 atom stereocenters. The van der Waals surface area contributed by atoms with E-state index in [0.29, 0.717) is 44.5 Å². The van der Waals surface area contributed by atoms with Crippen LogP contribution in [0.25, 0.3) is 0 Å². The molecular weight excluding hydrogens is 412 g/mol. The fourth-order valence-electron chi connectivity index (χ4n) is 4.36. The number of benzene rings is 1. The quantitative estimate of drug-likeness (QED) is 0.590. The van der Waals surface area contributed by atoms with Crippen LogP contribution in [0.4, 0.5) is 4.79 Å². The van der Waals surface area contributed by atoms with Crippen LogP contribution in [0, 0.1) is 0 Å². The van der Waals surface area contributed by atoms with Gasteiger partial charge in [-0.15, -0.1) is 0 Å². The van der Waals surface area contributed by atoms with Crippen LogP contribution in [0.1, 0.15) is 45.1 Å². The zero-order valence-corrected chi connectivity index (χ0v) is 19.0. The number of carbonyl (C=O) groups is 4. The van der Waals surface area contributed by atoms with Crippen molar-refractivity contribution in [3.05, 3.63) is 29.8 Å². The molecule has 2 fully saturated rings. The lowest BCUT2D eigenvalue weighted by molar-refractivity contribution is -0.136. The minimum atomic E-state index is -0.912. The number of hydrogen-bond donors (Lipinski definition) is 2. The number of likely N-dealkylation sites (tertiary alicyclic amines) is 1. The van der Waals surface area contributed by atoms with Crippen molar-refractivity contribution in [3.63, 3.8) is 0 Å². The van der Waals surface area contributed by atoms with Crippen molar-refractivity contribution < 1.29 is 23.9 Å². The highest BCUT2D eigenvalue weighted by atomic mass is 16.5. The summed E-state index contributed by atoms with van der Waals surface area (Å²) in [7, 11) is 1.58. The normalized spacial score (nSPS) is 18.5. The second kappa shape index (κ2) is 10.0. The van der Waals surface area contributed by atoms with Crippen LogP contribution in [0.15, 0.2) is 24.3 Å². The van der Waals surface area contributed by atoms with Gasteiger partial charge in [-0.25, -0.2) is 4.79 Å². The van der Waals surface area contributed by atoms with Gasteiger partial charge in [-0.2, -0.15) is 0 Å². The van der Waals surface area contributed by atoms with Crippen molar-refractivity contribution in [2.75, 3.05) is 26.7 Å². The predicted octanol–water partition coefficient (Wildman–Crippen LogP) is 1.46. The minimum absolute atomic E-state index is 0.0223. The van der Waals surface area contributed by atoms with E-state index in [1.165, 1.54) is 0 Å². The number of hydrogen-bond acceptors (Lipinski definition) is 5. The molecule has 174 valence electrons. The number of carbonyl (C=O) groups excluding carboxylic acids is 4. The molecule has 1 aromatic rings. The molecule has 9 heteroatoms. The second-order valence-corrected chi connectivity index (χ2v) is 8.32. The Balaban J connectivity index is 1.47. The molecule has 3 rings (SSSR count). The highest BCUT2D eigenvalue weighted by Crippen LogP contribution is 2.25. The average molecular weight is 445 g/mol. The van der Waals surface area contributed by atoms with Gasteiger partial charge < -0.3 is 20.3 Å². The Morgan fingerprint density at radius 1 is 1.16 bits per heavy atom. The lowest BCUT2D eigenvalue weighted by Crippen LogP contribution is -2.50. The number of urea groups is 1. The summed E-state index contributed by atoms with van der Waals surface area (Å²) in [5.74, 6) is 0.00227. The first-order chi connectivity index (χ1) is 15.3. The first-order valence-corrected chi connectivity index (χ1v) is 11.2. The number of nitrogens with zero attached hydrogens (tertiary/aromatic N) is 2. The minimum Gasteiger partial charge on any atom is -0.496 e. The lowest BCUT2D eigenvalue weighted by atomic mass is 9.93. The van der Waals surface area contributed by atoms with Gasteiger partial charge in [0.05, 0.1) is 13.5 Å². The molecule has 0 saturated carbocycles. The molecule has 2 heterocycles. The van der Waals surface area contributed by atoms with E-state index in [1.54, 1.807) is 12.0 Å². The number of para-hydroxylation sites is 1. The SMILES string of the molecule is CCC1(CC)NC(=O)N(CC(=O)NC2CCN(C(=O)Cc3ccccc3OC)CC2)C1=O. The van der Waals surface area contributed by atoms with Crippen LogP contribution >= 0.6 is 0 Å². The van der Waals surface area contributed by atoms with Crippen molar-refractivity contribution >= 4 is 23.8 Å². The summed E-state index contributed by atoms with van der Waals surface area (Å²) in [5.41, 5.74) is -0.0657. The second-order valence-electron chi connectivity index (χ2n) is 8.32. The van der Waals surface area contributed by atoms with Gasteiger partial charge in [0.2, 0.25) is 11.8 Å². The molecule has 2 aliphatic rings. The van der Waals surface area contributed by atoms with Crippen molar-refractivity contribution in [1.29, 1.82) is 0 Å². The smallest absolute Gasteiger partial charge is 0.325 e. The Bertz CT molecular complexity index is 875. The van der Waals surface area contributed by atoms with Gasteiger partial charge in [0.1, 0.15) is 17.8 Å². The fourth-order valence-corrected chi connectivity index (χ4v) is 4.36. The summed E-state index contributed by atoms with van der Waals surface area (Å²) >= 11 is 0. The molecule has 0 radical (unpaired) electrons. The third kappa shape index (κ3) is 4.87. The van der Waals surface area contributed by atoms with E-state index in [4.69, 9.17) is 4.74 Å². The number of amides is 5. The maximum atomic E-state index is 12.7. The first kappa shape index (κ1) is 23.6. The van der Waals surface area contributed by atoms with Crippen LogP contribution < -0.4 is 15.4 Å². The van der Waals surface area contributed by atoms with E-state index in [-0.39, 0.29) is 36.7 Å². The van der Waals surface area contributed by atoms with Gasteiger partial charge in [0.15, 0.2) is 0 Å². The van der Waals surface area contributed by atoms with Gasteiger partial charge in [0.25, 0.3) is 5.91 Å². The Morgan fingerprint density at radius 2 is 1.81 bits per heavy atom. The molecule has 0 unspecified atom stereocenters. The van der Waals surface area contributed by atoms with Crippen LogP contribution in [0.3, 0.4) is 0 Å². The third-order valence-corrected chi connectivity index (χ3v) is 6.50. The molecule has 32 heavy (non-hydrogen) atoms. The first-order valence-electron chi connectivity index (χ1n) is 11.2. The average Bonchev–Trinajstić information content (AvgIpc) is 3.04. The molecule has 0 spiro atoms. The number of rotatable bonds is 8. The largest absolute Gasteiger partial charge is 0.496 e. The summed E-state index contributed by atoms with van der Waals surface area (Å²) in [6, 6.07) is 6.84. The lowest BCUT2D eigenvalue weighted by Gasteiger charge is -2.33. The van der Waals surface area contributed by atoms with E-state index in [2.05, 4.69) is 10.6 Å². The molecule has 2 saturated heterocycles.